The standard InChI is InChI=1S/C13H12N6O2S/c1-18(2)12-10(19(20)21)11(14-7-15-12)17-13-16-8-5-3-4-6-9(8)22-13/h3-7H,1-2H3,(H,14,15,16,17). The van der Waals surface area contributed by atoms with Crippen molar-refractivity contribution in [2.45, 2.75) is 0 Å². The van der Waals surface area contributed by atoms with E-state index in [0.29, 0.717) is 5.13 Å². The number of nitrogens with zero attached hydrogens (tertiary/aromatic N) is 5. The van der Waals surface area contributed by atoms with Gasteiger partial charge in [0.05, 0.1) is 15.1 Å². The molecule has 0 aliphatic heterocycles. The number of rotatable bonds is 4. The van der Waals surface area contributed by atoms with Gasteiger partial charge in [-0.3, -0.25) is 10.1 Å². The molecule has 0 bridgehead atoms. The molecule has 0 saturated carbocycles. The summed E-state index contributed by atoms with van der Waals surface area (Å²) in [7, 11) is 3.38. The third-order valence-corrected chi connectivity index (χ3v) is 3.88. The third kappa shape index (κ3) is 2.53. The number of nitro groups is 1. The van der Waals surface area contributed by atoms with Crippen molar-refractivity contribution >= 4 is 44.0 Å². The summed E-state index contributed by atoms with van der Waals surface area (Å²) in [6, 6.07) is 7.64. The largest absolute Gasteiger partial charge is 0.357 e. The molecule has 0 aliphatic carbocycles. The molecule has 0 unspecified atom stereocenters. The van der Waals surface area contributed by atoms with E-state index in [9.17, 15) is 10.1 Å². The first-order valence-electron chi connectivity index (χ1n) is 6.35. The smallest absolute Gasteiger partial charge is 0.353 e. The molecule has 0 amide bonds. The molecule has 3 aromatic rings. The molecule has 0 aliphatic rings. The van der Waals surface area contributed by atoms with E-state index in [1.807, 2.05) is 24.3 Å². The topological polar surface area (TPSA) is 97.1 Å². The first-order valence-corrected chi connectivity index (χ1v) is 7.17. The molecule has 0 fully saturated rings. The molecule has 22 heavy (non-hydrogen) atoms. The first kappa shape index (κ1) is 14.1. The van der Waals surface area contributed by atoms with Crippen molar-refractivity contribution in [3.63, 3.8) is 0 Å². The molecule has 0 saturated heterocycles. The Balaban J connectivity index is 2.04. The lowest BCUT2D eigenvalue weighted by molar-refractivity contribution is -0.383. The van der Waals surface area contributed by atoms with Crippen molar-refractivity contribution in [2.24, 2.45) is 0 Å². The highest BCUT2D eigenvalue weighted by Crippen LogP contribution is 2.34. The van der Waals surface area contributed by atoms with E-state index in [4.69, 9.17) is 0 Å². The second-order valence-corrected chi connectivity index (χ2v) is 5.69. The normalized spacial score (nSPS) is 10.6. The minimum atomic E-state index is -0.495. The van der Waals surface area contributed by atoms with Crippen LogP contribution in [0.15, 0.2) is 30.6 Å². The van der Waals surface area contributed by atoms with Gasteiger partial charge in [0.1, 0.15) is 6.33 Å². The molecule has 3 rings (SSSR count). The second-order valence-electron chi connectivity index (χ2n) is 4.66. The molecule has 9 heteroatoms. The first-order chi connectivity index (χ1) is 10.6. The molecule has 0 spiro atoms. The number of fused-ring (bicyclic) bond motifs is 1. The number of benzene rings is 1. The van der Waals surface area contributed by atoms with Crippen LogP contribution in [0, 0.1) is 10.1 Å². The van der Waals surface area contributed by atoms with Crippen LogP contribution in [-0.2, 0) is 0 Å². The maximum Gasteiger partial charge on any atom is 0.353 e. The van der Waals surface area contributed by atoms with Crippen LogP contribution in [0.1, 0.15) is 0 Å². The van der Waals surface area contributed by atoms with Crippen LogP contribution in [0.5, 0.6) is 0 Å². The highest BCUT2D eigenvalue weighted by atomic mass is 32.1. The number of para-hydroxylation sites is 1. The van der Waals surface area contributed by atoms with Gasteiger partial charge in [-0.15, -0.1) is 0 Å². The highest BCUT2D eigenvalue weighted by Gasteiger charge is 2.25. The fourth-order valence-electron chi connectivity index (χ4n) is 1.98. The Morgan fingerprint density at radius 1 is 1.27 bits per heavy atom. The van der Waals surface area contributed by atoms with Crippen LogP contribution in [0.25, 0.3) is 10.2 Å². The van der Waals surface area contributed by atoms with Gasteiger partial charge in [0.25, 0.3) is 0 Å². The van der Waals surface area contributed by atoms with Gasteiger partial charge in [-0.25, -0.2) is 15.0 Å². The van der Waals surface area contributed by atoms with Crippen LogP contribution < -0.4 is 10.2 Å². The summed E-state index contributed by atoms with van der Waals surface area (Å²) >= 11 is 1.41. The van der Waals surface area contributed by atoms with E-state index >= 15 is 0 Å². The van der Waals surface area contributed by atoms with Crippen molar-refractivity contribution in [3.8, 4) is 0 Å². The Kier molecular flexibility index (Phi) is 3.55. The van der Waals surface area contributed by atoms with E-state index in [2.05, 4.69) is 20.3 Å². The number of nitrogens with one attached hydrogen (secondary N) is 1. The Hall–Kier alpha value is -2.81. The van der Waals surface area contributed by atoms with E-state index < -0.39 is 4.92 Å². The monoisotopic (exact) mass is 316 g/mol. The van der Waals surface area contributed by atoms with Gasteiger partial charge in [-0.05, 0) is 12.1 Å². The fourth-order valence-corrected chi connectivity index (χ4v) is 2.85. The van der Waals surface area contributed by atoms with E-state index in [1.54, 1.807) is 19.0 Å². The number of aromatic nitrogens is 3. The summed E-state index contributed by atoms with van der Waals surface area (Å²) in [5, 5.41) is 14.8. The summed E-state index contributed by atoms with van der Waals surface area (Å²) in [5.74, 6) is 0.367. The third-order valence-electron chi connectivity index (χ3n) is 2.93. The lowest BCUT2D eigenvalue weighted by Crippen LogP contribution is -2.14. The van der Waals surface area contributed by atoms with Crippen LogP contribution in [-0.4, -0.2) is 34.0 Å². The maximum atomic E-state index is 11.4. The van der Waals surface area contributed by atoms with E-state index in [1.165, 1.54) is 17.7 Å². The van der Waals surface area contributed by atoms with Crippen molar-refractivity contribution in [3.05, 3.63) is 40.7 Å². The molecule has 0 radical (unpaired) electrons. The van der Waals surface area contributed by atoms with Crippen LogP contribution in [0.2, 0.25) is 0 Å². The molecule has 8 nitrogen and oxygen atoms in total. The summed E-state index contributed by atoms with van der Waals surface area (Å²) < 4.78 is 0.995. The summed E-state index contributed by atoms with van der Waals surface area (Å²) in [5.41, 5.74) is 0.659. The molecule has 1 N–H and O–H groups in total. The minimum absolute atomic E-state index is 0.128. The Morgan fingerprint density at radius 3 is 2.73 bits per heavy atom. The summed E-state index contributed by atoms with van der Waals surface area (Å²) in [4.78, 5) is 24.8. The Bertz CT molecular complexity index is 814. The predicted molar refractivity (Wildman–Crippen MR) is 85.9 cm³/mol. The zero-order valence-corrected chi connectivity index (χ0v) is 12.7. The van der Waals surface area contributed by atoms with Crippen LogP contribution >= 0.6 is 11.3 Å². The van der Waals surface area contributed by atoms with Crippen molar-refractivity contribution in [1.29, 1.82) is 0 Å². The van der Waals surface area contributed by atoms with Crippen LogP contribution in [0.4, 0.5) is 22.5 Å². The molecule has 112 valence electrons. The predicted octanol–water partition coefficient (Wildman–Crippen LogP) is 2.80. The van der Waals surface area contributed by atoms with Gasteiger partial charge in [0.2, 0.25) is 11.6 Å². The van der Waals surface area contributed by atoms with Crippen LogP contribution in [0.3, 0.4) is 0 Å². The Morgan fingerprint density at radius 2 is 2.05 bits per heavy atom. The van der Waals surface area contributed by atoms with Crippen molar-refractivity contribution in [1.82, 2.24) is 15.0 Å². The minimum Gasteiger partial charge on any atom is -0.357 e. The van der Waals surface area contributed by atoms with Gasteiger partial charge in [-0.1, -0.05) is 23.5 Å². The number of hydrogen-bond donors (Lipinski definition) is 1. The van der Waals surface area contributed by atoms with Crippen molar-refractivity contribution < 1.29 is 4.92 Å². The van der Waals surface area contributed by atoms with Gasteiger partial charge < -0.3 is 10.2 Å². The summed E-state index contributed by atoms with van der Waals surface area (Å²) in [6.45, 7) is 0. The molecule has 1 aromatic carbocycles. The fraction of sp³-hybridized carbons (Fsp3) is 0.154. The SMILES string of the molecule is CN(C)c1ncnc(Nc2nc3ccccc3s2)c1[N+](=O)[O-]. The zero-order valence-electron chi connectivity index (χ0n) is 11.8. The Labute approximate surface area is 129 Å². The molecular weight excluding hydrogens is 304 g/mol. The lowest BCUT2D eigenvalue weighted by atomic mass is 10.3. The average Bonchev–Trinajstić information content (AvgIpc) is 2.88. The van der Waals surface area contributed by atoms with E-state index in [0.717, 1.165) is 10.2 Å². The van der Waals surface area contributed by atoms with Gasteiger partial charge in [0.15, 0.2) is 5.13 Å². The van der Waals surface area contributed by atoms with Gasteiger partial charge >= 0.3 is 5.69 Å². The van der Waals surface area contributed by atoms with Gasteiger partial charge in [-0.2, -0.15) is 0 Å². The summed E-state index contributed by atoms with van der Waals surface area (Å²) in [6.07, 6.45) is 1.29. The van der Waals surface area contributed by atoms with Gasteiger partial charge in [0, 0.05) is 14.1 Å². The molecule has 2 heterocycles. The average molecular weight is 316 g/mol. The zero-order chi connectivity index (χ0) is 15.7. The number of thiazole rings is 1. The molecule has 0 atom stereocenters. The lowest BCUT2D eigenvalue weighted by Gasteiger charge is -2.12. The molecular formula is C13H12N6O2S. The number of hydrogen-bond acceptors (Lipinski definition) is 8. The molecule has 2 aromatic heterocycles. The number of anilines is 3. The van der Waals surface area contributed by atoms with Crippen molar-refractivity contribution in [2.75, 3.05) is 24.3 Å². The second kappa shape index (κ2) is 5.53. The van der Waals surface area contributed by atoms with E-state index in [-0.39, 0.29) is 17.3 Å². The quantitative estimate of drug-likeness (QED) is 0.584. The maximum absolute atomic E-state index is 11.4. The highest BCUT2D eigenvalue weighted by molar-refractivity contribution is 7.22.